The molecule has 1 heterocycles. The van der Waals surface area contributed by atoms with E-state index >= 15 is 0 Å². The van der Waals surface area contributed by atoms with Gasteiger partial charge in [-0.05, 0) is 25.2 Å². The number of rotatable bonds is 5. The summed E-state index contributed by atoms with van der Waals surface area (Å²) < 4.78 is 10.2. The van der Waals surface area contributed by atoms with Crippen LogP contribution in [0.2, 0.25) is 0 Å². The summed E-state index contributed by atoms with van der Waals surface area (Å²) in [5.41, 5.74) is 0. The highest BCUT2D eigenvalue weighted by Crippen LogP contribution is 2.18. The first kappa shape index (κ1) is 13.0. The van der Waals surface area contributed by atoms with Crippen LogP contribution >= 0.6 is 0 Å². The predicted octanol–water partition coefficient (Wildman–Crippen LogP) is 2.06. The molecule has 0 N–H and O–H groups in total. The van der Waals surface area contributed by atoms with Gasteiger partial charge in [0.25, 0.3) is 0 Å². The van der Waals surface area contributed by atoms with Crippen LogP contribution in [-0.4, -0.2) is 44.4 Å². The Hall–Kier alpha value is -1.03. The first-order valence-electron chi connectivity index (χ1n) is 5.80. The van der Waals surface area contributed by atoms with Gasteiger partial charge in [-0.2, -0.15) is 0 Å². The third kappa shape index (κ3) is 4.66. The second-order valence-electron chi connectivity index (χ2n) is 4.13. The van der Waals surface area contributed by atoms with Gasteiger partial charge in [0.1, 0.15) is 6.61 Å². The Labute approximate surface area is 97.2 Å². The Kier molecular flexibility index (Phi) is 5.93. The summed E-state index contributed by atoms with van der Waals surface area (Å²) in [5.74, 6) is 0.684. The van der Waals surface area contributed by atoms with Gasteiger partial charge in [-0.25, -0.2) is 4.79 Å². The van der Waals surface area contributed by atoms with E-state index in [4.69, 9.17) is 9.47 Å². The number of nitrogens with zero attached hydrogens (tertiary/aromatic N) is 1. The molecule has 4 heteroatoms. The van der Waals surface area contributed by atoms with Crippen LogP contribution in [0.15, 0.2) is 12.7 Å². The van der Waals surface area contributed by atoms with Gasteiger partial charge >= 0.3 is 6.09 Å². The minimum Gasteiger partial charge on any atom is -0.445 e. The maximum atomic E-state index is 11.4. The zero-order valence-electron chi connectivity index (χ0n) is 9.98. The molecule has 0 bridgehead atoms. The average Bonchev–Trinajstić information content (AvgIpc) is 2.34. The number of hydrogen-bond acceptors (Lipinski definition) is 3. The first-order chi connectivity index (χ1) is 7.74. The van der Waals surface area contributed by atoms with Gasteiger partial charge < -0.3 is 14.4 Å². The van der Waals surface area contributed by atoms with E-state index in [0.29, 0.717) is 5.92 Å². The molecule has 0 atom stereocenters. The molecule has 92 valence electrons. The standard InChI is InChI=1S/C12H21NO3/c1-3-8-16-12(14)13(2)7-4-11-5-9-15-10-6-11/h3,11H,1,4-10H2,2H3. The molecule has 1 saturated heterocycles. The zero-order valence-corrected chi connectivity index (χ0v) is 9.98. The van der Waals surface area contributed by atoms with Crippen LogP contribution in [-0.2, 0) is 9.47 Å². The average molecular weight is 227 g/mol. The lowest BCUT2D eigenvalue weighted by Crippen LogP contribution is -2.30. The molecule has 0 spiro atoms. The minimum absolute atomic E-state index is 0.271. The topological polar surface area (TPSA) is 38.8 Å². The summed E-state index contributed by atoms with van der Waals surface area (Å²) in [7, 11) is 1.77. The van der Waals surface area contributed by atoms with E-state index in [9.17, 15) is 4.79 Å². The number of amides is 1. The zero-order chi connectivity index (χ0) is 11.8. The molecule has 1 rings (SSSR count). The summed E-state index contributed by atoms with van der Waals surface area (Å²) in [4.78, 5) is 13.0. The molecule has 0 unspecified atom stereocenters. The highest BCUT2D eigenvalue weighted by Gasteiger charge is 2.16. The molecule has 0 aromatic carbocycles. The van der Waals surface area contributed by atoms with Gasteiger partial charge in [0.2, 0.25) is 0 Å². The number of carbonyl (C=O) groups excluding carboxylic acids is 1. The van der Waals surface area contributed by atoms with Crippen LogP contribution < -0.4 is 0 Å². The van der Waals surface area contributed by atoms with Crippen LogP contribution in [0, 0.1) is 5.92 Å². The van der Waals surface area contributed by atoms with E-state index in [1.165, 1.54) is 0 Å². The Balaban J connectivity index is 2.15. The van der Waals surface area contributed by atoms with E-state index in [-0.39, 0.29) is 12.7 Å². The molecule has 0 aromatic heterocycles. The summed E-state index contributed by atoms with van der Waals surface area (Å²) in [6.45, 7) is 6.24. The molecular weight excluding hydrogens is 206 g/mol. The van der Waals surface area contributed by atoms with Crippen molar-refractivity contribution in [2.45, 2.75) is 19.3 Å². The second kappa shape index (κ2) is 7.28. The van der Waals surface area contributed by atoms with Gasteiger partial charge in [-0.3, -0.25) is 0 Å². The first-order valence-corrected chi connectivity index (χ1v) is 5.80. The Morgan fingerprint density at radius 1 is 1.56 bits per heavy atom. The van der Waals surface area contributed by atoms with Gasteiger partial charge in [0, 0.05) is 26.8 Å². The van der Waals surface area contributed by atoms with Crippen LogP contribution in [0.1, 0.15) is 19.3 Å². The highest BCUT2D eigenvalue weighted by atomic mass is 16.6. The molecule has 0 aliphatic carbocycles. The van der Waals surface area contributed by atoms with Crippen molar-refractivity contribution in [3.8, 4) is 0 Å². The lowest BCUT2D eigenvalue weighted by atomic mass is 9.96. The minimum atomic E-state index is -0.271. The fourth-order valence-electron chi connectivity index (χ4n) is 1.74. The Bertz CT molecular complexity index is 224. The number of ether oxygens (including phenoxy) is 2. The van der Waals surface area contributed by atoms with Gasteiger partial charge in [-0.15, -0.1) is 0 Å². The molecule has 4 nitrogen and oxygen atoms in total. The summed E-state index contributed by atoms with van der Waals surface area (Å²) in [6, 6.07) is 0. The molecule has 1 aliphatic rings. The number of carbonyl (C=O) groups is 1. The van der Waals surface area contributed by atoms with Crippen LogP contribution in [0.25, 0.3) is 0 Å². The normalized spacial score (nSPS) is 16.8. The monoisotopic (exact) mass is 227 g/mol. The molecule has 1 fully saturated rings. The van der Waals surface area contributed by atoms with Crippen LogP contribution in [0.4, 0.5) is 4.79 Å². The molecule has 0 aromatic rings. The molecule has 1 aliphatic heterocycles. The fraction of sp³-hybridized carbons (Fsp3) is 0.750. The van der Waals surface area contributed by atoms with Gasteiger partial charge in [0.05, 0.1) is 0 Å². The maximum absolute atomic E-state index is 11.4. The predicted molar refractivity (Wildman–Crippen MR) is 62.3 cm³/mol. The molecule has 0 saturated carbocycles. The Morgan fingerprint density at radius 3 is 2.88 bits per heavy atom. The third-order valence-electron chi connectivity index (χ3n) is 2.85. The van der Waals surface area contributed by atoms with Crippen molar-refractivity contribution in [3.63, 3.8) is 0 Å². The van der Waals surface area contributed by atoms with E-state index in [2.05, 4.69) is 6.58 Å². The summed E-state index contributed by atoms with van der Waals surface area (Å²) >= 11 is 0. The molecule has 0 radical (unpaired) electrons. The SMILES string of the molecule is C=CCOC(=O)N(C)CCC1CCOCC1. The van der Waals surface area contributed by atoms with Crippen molar-refractivity contribution in [2.24, 2.45) is 5.92 Å². The number of hydrogen-bond donors (Lipinski definition) is 0. The molecular formula is C12H21NO3. The van der Waals surface area contributed by atoms with E-state index in [1.54, 1.807) is 18.0 Å². The summed E-state index contributed by atoms with van der Waals surface area (Å²) in [6.07, 6.45) is 4.55. The van der Waals surface area contributed by atoms with Crippen molar-refractivity contribution in [1.29, 1.82) is 0 Å². The van der Waals surface area contributed by atoms with Crippen molar-refractivity contribution in [3.05, 3.63) is 12.7 Å². The van der Waals surface area contributed by atoms with Crippen molar-refractivity contribution in [1.82, 2.24) is 4.90 Å². The largest absolute Gasteiger partial charge is 0.445 e. The quantitative estimate of drug-likeness (QED) is 0.675. The molecule has 1 amide bonds. The molecule has 16 heavy (non-hydrogen) atoms. The van der Waals surface area contributed by atoms with E-state index in [1.807, 2.05) is 0 Å². The van der Waals surface area contributed by atoms with Crippen LogP contribution in [0.5, 0.6) is 0 Å². The fourth-order valence-corrected chi connectivity index (χ4v) is 1.74. The van der Waals surface area contributed by atoms with Crippen molar-refractivity contribution in [2.75, 3.05) is 33.4 Å². The third-order valence-corrected chi connectivity index (χ3v) is 2.85. The van der Waals surface area contributed by atoms with Crippen LogP contribution in [0.3, 0.4) is 0 Å². The maximum Gasteiger partial charge on any atom is 0.409 e. The highest BCUT2D eigenvalue weighted by molar-refractivity contribution is 5.67. The van der Waals surface area contributed by atoms with E-state index in [0.717, 1.165) is 39.0 Å². The smallest absolute Gasteiger partial charge is 0.409 e. The lowest BCUT2D eigenvalue weighted by Gasteiger charge is -2.24. The summed E-state index contributed by atoms with van der Waals surface area (Å²) in [5, 5.41) is 0. The van der Waals surface area contributed by atoms with E-state index < -0.39 is 0 Å². The lowest BCUT2D eigenvalue weighted by molar-refractivity contribution is 0.0598. The van der Waals surface area contributed by atoms with Crippen molar-refractivity contribution < 1.29 is 14.3 Å². The Morgan fingerprint density at radius 2 is 2.25 bits per heavy atom. The van der Waals surface area contributed by atoms with Gasteiger partial charge in [-0.1, -0.05) is 12.7 Å². The second-order valence-corrected chi connectivity index (χ2v) is 4.13. The van der Waals surface area contributed by atoms with Gasteiger partial charge in [0.15, 0.2) is 0 Å². The van der Waals surface area contributed by atoms with Crippen molar-refractivity contribution >= 4 is 6.09 Å².